The van der Waals surface area contributed by atoms with Gasteiger partial charge in [-0.1, -0.05) is 12.1 Å². The summed E-state index contributed by atoms with van der Waals surface area (Å²) in [4.78, 5) is 4.02. The zero-order valence-corrected chi connectivity index (χ0v) is 9.38. The van der Waals surface area contributed by atoms with Gasteiger partial charge in [0.25, 0.3) is 0 Å². The highest BCUT2D eigenvalue weighted by Crippen LogP contribution is 2.30. The molecule has 1 aromatic heterocycles. The molecule has 0 radical (unpaired) electrons. The Kier molecular flexibility index (Phi) is 3.00. The summed E-state index contributed by atoms with van der Waals surface area (Å²) in [5.74, 6) is 1.83. The number of nitrogen functional groups attached to an aromatic ring is 2. The predicted molar refractivity (Wildman–Crippen MR) is 66.1 cm³/mol. The second kappa shape index (κ2) is 4.61. The molecule has 1 aromatic carbocycles. The van der Waals surface area contributed by atoms with E-state index in [9.17, 15) is 0 Å². The first kappa shape index (κ1) is 11.1. The number of aromatic nitrogens is 1. The van der Waals surface area contributed by atoms with Crippen molar-refractivity contribution in [3.05, 3.63) is 36.4 Å². The van der Waals surface area contributed by atoms with Gasteiger partial charge in [-0.15, -0.1) is 0 Å². The van der Waals surface area contributed by atoms with Crippen LogP contribution in [0.3, 0.4) is 0 Å². The number of para-hydroxylation sites is 2. The lowest BCUT2D eigenvalue weighted by molar-refractivity contribution is 0.374. The molecule has 0 saturated heterocycles. The summed E-state index contributed by atoms with van der Waals surface area (Å²) in [6.07, 6.45) is 0. The quantitative estimate of drug-likeness (QED) is 0.844. The van der Waals surface area contributed by atoms with Crippen molar-refractivity contribution >= 4 is 11.5 Å². The molecule has 0 spiro atoms. The van der Waals surface area contributed by atoms with Gasteiger partial charge < -0.3 is 20.9 Å². The highest BCUT2D eigenvalue weighted by atomic mass is 16.5. The molecular formula is C12H13N3O2. The van der Waals surface area contributed by atoms with Gasteiger partial charge in [-0.2, -0.15) is 4.98 Å². The summed E-state index contributed by atoms with van der Waals surface area (Å²) in [6.45, 7) is 0. The van der Waals surface area contributed by atoms with Crippen molar-refractivity contribution in [1.29, 1.82) is 0 Å². The number of ether oxygens (including phenoxy) is 2. The molecule has 0 atom stereocenters. The molecule has 0 aliphatic carbocycles. The van der Waals surface area contributed by atoms with Crippen molar-refractivity contribution in [2.75, 3.05) is 18.6 Å². The zero-order valence-electron chi connectivity index (χ0n) is 9.38. The molecule has 5 nitrogen and oxygen atoms in total. The molecule has 0 fully saturated rings. The van der Waals surface area contributed by atoms with Crippen molar-refractivity contribution in [3.63, 3.8) is 0 Å². The Morgan fingerprint density at radius 3 is 2.35 bits per heavy atom. The SMILES string of the molecule is COc1ccccc1Oc1ccc(N)c(N)n1. The van der Waals surface area contributed by atoms with Crippen LogP contribution in [0.4, 0.5) is 11.5 Å². The third-order valence-electron chi connectivity index (χ3n) is 2.22. The molecule has 5 heteroatoms. The van der Waals surface area contributed by atoms with Crippen LogP contribution < -0.4 is 20.9 Å². The smallest absolute Gasteiger partial charge is 0.221 e. The summed E-state index contributed by atoms with van der Waals surface area (Å²) in [6, 6.07) is 10.6. The Morgan fingerprint density at radius 1 is 1.00 bits per heavy atom. The first-order valence-corrected chi connectivity index (χ1v) is 5.03. The van der Waals surface area contributed by atoms with E-state index in [4.69, 9.17) is 20.9 Å². The highest BCUT2D eigenvalue weighted by Gasteiger charge is 2.06. The van der Waals surface area contributed by atoms with Crippen LogP contribution in [-0.2, 0) is 0 Å². The first-order chi connectivity index (χ1) is 8.20. The van der Waals surface area contributed by atoms with E-state index >= 15 is 0 Å². The van der Waals surface area contributed by atoms with Crippen molar-refractivity contribution in [3.8, 4) is 17.4 Å². The molecule has 4 N–H and O–H groups in total. The van der Waals surface area contributed by atoms with Gasteiger partial charge in [0.1, 0.15) is 0 Å². The summed E-state index contributed by atoms with van der Waals surface area (Å²) < 4.78 is 10.7. The lowest BCUT2D eigenvalue weighted by atomic mass is 10.3. The lowest BCUT2D eigenvalue weighted by Crippen LogP contribution is -1.99. The van der Waals surface area contributed by atoms with Gasteiger partial charge in [0.05, 0.1) is 12.8 Å². The Bertz CT molecular complexity index is 529. The number of anilines is 2. The van der Waals surface area contributed by atoms with Crippen LogP contribution in [0.15, 0.2) is 36.4 Å². The molecule has 0 amide bonds. The van der Waals surface area contributed by atoms with Crippen LogP contribution in [0, 0.1) is 0 Å². The van der Waals surface area contributed by atoms with Crippen LogP contribution in [0.1, 0.15) is 0 Å². The molecule has 0 aliphatic heterocycles. The molecule has 1 heterocycles. The molecular weight excluding hydrogens is 218 g/mol. The third-order valence-corrected chi connectivity index (χ3v) is 2.22. The fourth-order valence-corrected chi connectivity index (χ4v) is 1.34. The zero-order chi connectivity index (χ0) is 12.3. The molecule has 17 heavy (non-hydrogen) atoms. The average molecular weight is 231 g/mol. The second-order valence-electron chi connectivity index (χ2n) is 3.38. The minimum absolute atomic E-state index is 0.248. The largest absolute Gasteiger partial charge is 0.493 e. The maximum Gasteiger partial charge on any atom is 0.221 e. The number of nitrogens with two attached hydrogens (primary N) is 2. The first-order valence-electron chi connectivity index (χ1n) is 5.03. The average Bonchev–Trinajstić information content (AvgIpc) is 2.34. The fourth-order valence-electron chi connectivity index (χ4n) is 1.34. The van der Waals surface area contributed by atoms with Crippen LogP contribution >= 0.6 is 0 Å². The van der Waals surface area contributed by atoms with Crippen molar-refractivity contribution in [2.24, 2.45) is 0 Å². The van der Waals surface area contributed by atoms with Gasteiger partial charge >= 0.3 is 0 Å². The lowest BCUT2D eigenvalue weighted by Gasteiger charge is -2.09. The summed E-state index contributed by atoms with van der Waals surface area (Å²) in [5, 5.41) is 0. The van der Waals surface area contributed by atoms with E-state index in [1.807, 2.05) is 12.1 Å². The number of hydrogen-bond acceptors (Lipinski definition) is 5. The van der Waals surface area contributed by atoms with Gasteiger partial charge in [0.2, 0.25) is 5.88 Å². The van der Waals surface area contributed by atoms with E-state index < -0.39 is 0 Å². The topological polar surface area (TPSA) is 83.4 Å². The maximum absolute atomic E-state index is 5.60. The Morgan fingerprint density at radius 2 is 1.71 bits per heavy atom. The van der Waals surface area contributed by atoms with Gasteiger partial charge in [-0.05, 0) is 18.2 Å². The molecule has 0 unspecified atom stereocenters. The Hall–Kier alpha value is -2.43. The van der Waals surface area contributed by atoms with E-state index in [0.717, 1.165) is 0 Å². The normalized spacial score (nSPS) is 9.94. The summed E-state index contributed by atoms with van der Waals surface area (Å²) in [5.41, 5.74) is 11.6. The maximum atomic E-state index is 5.60. The predicted octanol–water partition coefficient (Wildman–Crippen LogP) is 2.05. The van der Waals surface area contributed by atoms with Gasteiger partial charge in [0.15, 0.2) is 17.3 Å². The van der Waals surface area contributed by atoms with Crippen LogP contribution in [0.5, 0.6) is 17.4 Å². The monoisotopic (exact) mass is 231 g/mol. The number of hydrogen-bond donors (Lipinski definition) is 2. The Labute approximate surface area is 99.0 Å². The molecule has 0 aliphatic rings. The van der Waals surface area contributed by atoms with Crippen LogP contribution in [-0.4, -0.2) is 12.1 Å². The highest BCUT2D eigenvalue weighted by molar-refractivity contribution is 5.59. The van der Waals surface area contributed by atoms with Crippen molar-refractivity contribution < 1.29 is 9.47 Å². The minimum atomic E-state index is 0.248. The van der Waals surface area contributed by atoms with E-state index in [-0.39, 0.29) is 5.82 Å². The van der Waals surface area contributed by atoms with Crippen molar-refractivity contribution in [1.82, 2.24) is 4.98 Å². The van der Waals surface area contributed by atoms with Crippen LogP contribution in [0.25, 0.3) is 0 Å². The minimum Gasteiger partial charge on any atom is -0.493 e. The standard InChI is InChI=1S/C12H13N3O2/c1-16-9-4-2-3-5-10(9)17-11-7-6-8(13)12(14)15-11/h2-7H,13H2,1H3,(H2,14,15). The number of pyridine rings is 1. The van der Waals surface area contributed by atoms with E-state index in [1.165, 1.54) is 0 Å². The van der Waals surface area contributed by atoms with Crippen LogP contribution in [0.2, 0.25) is 0 Å². The third kappa shape index (κ3) is 2.39. The number of rotatable bonds is 3. The number of nitrogens with zero attached hydrogens (tertiary/aromatic N) is 1. The molecule has 2 aromatic rings. The number of methoxy groups -OCH3 is 1. The number of benzene rings is 1. The fraction of sp³-hybridized carbons (Fsp3) is 0.0833. The van der Waals surface area contributed by atoms with Gasteiger partial charge in [-0.3, -0.25) is 0 Å². The van der Waals surface area contributed by atoms with Crippen molar-refractivity contribution in [2.45, 2.75) is 0 Å². The molecule has 2 rings (SSSR count). The summed E-state index contributed by atoms with van der Waals surface area (Å²) >= 11 is 0. The Balaban J connectivity index is 2.28. The molecule has 0 saturated carbocycles. The second-order valence-corrected chi connectivity index (χ2v) is 3.38. The van der Waals surface area contributed by atoms with E-state index in [0.29, 0.717) is 23.1 Å². The van der Waals surface area contributed by atoms with E-state index in [2.05, 4.69) is 4.98 Å². The molecule has 0 bridgehead atoms. The van der Waals surface area contributed by atoms with E-state index in [1.54, 1.807) is 31.4 Å². The van der Waals surface area contributed by atoms with Gasteiger partial charge in [0, 0.05) is 6.07 Å². The summed E-state index contributed by atoms with van der Waals surface area (Å²) in [7, 11) is 1.58. The molecule has 88 valence electrons. The van der Waals surface area contributed by atoms with Gasteiger partial charge in [-0.25, -0.2) is 0 Å².